The SMILES string of the molecule is CC(=O)c1ccc(OCCCC(C)(C)[Si](O)(c2ccccc2)c2ccccc2)cc1. The van der Waals surface area contributed by atoms with Crippen molar-refractivity contribution in [1.82, 2.24) is 0 Å². The molecule has 1 N–H and O–H groups in total. The zero-order chi connectivity index (χ0) is 21.6. The molecule has 0 spiro atoms. The quantitative estimate of drug-likeness (QED) is 0.314. The Bertz CT molecular complexity index is 911. The molecule has 0 heterocycles. The molecule has 3 nitrogen and oxygen atoms in total. The molecule has 0 bridgehead atoms. The Hall–Kier alpha value is -2.69. The first-order valence-electron chi connectivity index (χ1n) is 10.4. The number of Topliss-reactive ketones (excluding diaryl/α,β-unsaturated/α-hetero) is 1. The summed E-state index contributed by atoms with van der Waals surface area (Å²) in [6.45, 7) is 6.46. The minimum atomic E-state index is -2.97. The maximum atomic E-state index is 12.1. The van der Waals surface area contributed by atoms with Crippen LogP contribution in [0.1, 0.15) is 44.0 Å². The Balaban J connectivity index is 1.72. The lowest BCUT2D eigenvalue weighted by Gasteiger charge is -2.41. The van der Waals surface area contributed by atoms with Crippen LogP contribution < -0.4 is 15.1 Å². The summed E-state index contributed by atoms with van der Waals surface area (Å²) in [7, 11) is -2.97. The van der Waals surface area contributed by atoms with Gasteiger partial charge in [-0.1, -0.05) is 74.5 Å². The number of ether oxygens (including phenoxy) is 1. The summed E-state index contributed by atoms with van der Waals surface area (Å²) in [5.74, 6) is 0.811. The molecule has 3 aromatic carbocycles. The number of benzene rings is 3. The molecule has 0 aliphatic carbocycles. The normalized spacial score (nSPS) is 11.9. The lowest BCUT2D eigenvalue weighted by atomic mass is 10.1. The first kappa shape index (κ1) is 22.0. The average molecular weight is 419 g/mol. The monoisotopic (exact) mass is 418 g/mol. The van der Waals surface area contributed by atoms with Crippen molar-refractivity contribution >= 4 is 24.5 Å². The van der Waals surface area contributed by atoms with Gasteiger partial charge in [0, 0.05) is 5.56 Å². The molecule has 0 amide bonds. The van der Waals surface area contributed by atoms with Gasteiger partial charge in [0.1, 0.15) is 5.75 Å². The smallest absolute Gasteiger partial charge is 0.258 e. The van der Waals surface area contributed by atoms with Crippen LogP contribution in [-0.2, 0) is 0 Å². The van der Waals surface area contributed by atoms with Crippen LogP contribution in [0, 0.1) is 0 Å². The van der Waals surface area contributed by atoms with E-state index in [1.165, 1.54) is 0 Å². The fourth-order valence-electron chi connectivity index (χ4n) is 3.98. The Kier molecular flexibility index (Phi) is 6.90. The Morgan fingerprint density at radius 1 is 0.867 bits per heavy atom. The first-order valence-corrected chi connectivity index (χ1v) is 12.4. The van der Waals surface area contributed by atoms with Crippen LogP contribution in [0.2, 0.25) is 5.04 Å². The third-order valence-corrected chi connectivity index (χ3v) is 10.4. The van der Waals surface area contributed by atoms with Crippen LogP contribution in [0.3, 0.4) is 0 Å². The van der Waals surface area contributed by atoms with Crippen LogP contribution in [-0.4, -0.2) is 25.5 Å². The third-order valence-electron chi connectivity index (χ3n) is 5.84. The summed E-state index contributed by atoms with van der Waals surface area (Å²) in [5, 5.41) is 1.78. The molecule has 0 atom stereocenters. The Morgan fingerprint density at radius 2 is 1.37 bits per heavy atom. The number of rotatable bonds is 9. The highest BCUT2D eigenvalue weighted by atomic mass is 28.4. The van der Waals surface area contributed by atoms with Crippen molar-refractivity contribution in [3.8, 4) is 5.75 Å². The van der Waals surface area contributed by atoms with Gasteiger partial charge in [-0.25, -0.2) is 0 Å². The van der Waals surface area contributed by atoms with Crippen molar-refractivity contribution in [3.63, 3.8) is 0 Å². The van der Waals surface area contributed by atoms with Crippen LogP contribution in [0.5, 0.6) is 5.75 Å². The van der Waals surface area contributed by atoms with E-state index in [1.807, 2.05) is 72.8 Å². The minimum Gasteiger partial charge on any atom is -0.494 e. The standard InChI is InChI=1S/C26H30O3Si/c1-21(27)22-15-17-23(18-16-22)29-20-10-19-26(2,3)30(28,24-11-6-4-7-12-24)25-13-8-5-9-14-25/h4-9,11-18,28H,10,19-20H2,1-3H3. The van der Waals surface area contributed by atoms with E-state index < -0.39 is 8.32 Å². The van der Waals surface area contributed by atoms with Crippen molar-refractivity contribution in [2.45, 2.75) is 38.7 Å². The molecule has 0 saturated carbocycles. The first-order chi connectivity index (χ1) is 14.3. The largest absolute Gasteiger partial charge is 0.494 e. The molecule has 156 valence electrons. The molecule has 30 heavy (non-hydrogen) atoms. The molecule has 0 fully saturated rings. The van der Waals surface area contributed by atoms with Crippen molar-refractivity contribution in [1.29, 1.82) is 0 Å². The Morgan fingerprint density at radius 3 is 1.83 bits per heavy atom. The van der Waals surface area contributed by atoms with E-state index in [2.05, 4.69) is 13.8 Å². The van der Waals surface area contributed by atoms with E-state index in [-0.39, 0.29) is 10.8 Å². The van der Waals surface area contributed by atoms with Gasteiger partial charge >= 0.3 is 0 Å². The van der Waals surface area contributed by atoms with Crippen molar-refractivity contribution in [2.75, 3.05) is 6.61 Å². The molecule has 3 rings (SSSR count). The van der Waals surface area contributed by atoms with Gasteiger partial charge in [0.2, 0.25) is 0 Å². The molecule has 0 aromatic heterocycles. The van der Waals surface area contributed by atoms with E-state index in [0.717, 1.165) is 29.0 Å². The van der Waals surface area contributed by atoms with Crippen molar-refractivity contribution in [2.24, 2.45) is 0 Å². The van der Waals surface area contributed by atoms with Gasteiger partial charge in [-0.15, -0.1) is 0 Å². The summed E-state index contributed by atoms with van der Waals surface area (Å²) in [5.41, 5.74) is 0.685. The second-order valence-corrected chi connectivity index (χ2v) is 12.3. The lowest BCUT2D eigenvalue weighted by molar-refractivity contribution is 0.101. The summed E-state index contributed by atoms with van der Waals surface area (Å²) in [6.07, 6.45) is 1.67. The molecule has 0 unspecified atom stereocenters. The molecule has 0 aliphatic rings. The van der Waals surface area contributed by atoms with Crippen LogP contribution in [0.25, 0.3) is 0 Å². The highest BCUT2D eigenvalue weighted by molar-refractivity contribution is 6.98. The number of ketones is 1. The zero-order valence-electron chi connectivity index (χ0n) is 18.0. The minimum absolute atomic E-state index is 0.0503. The van der Waals surface area contributed by atoms with Crippen molar-refractivity contribution in [3.05, 3.63) is 90.5 Å². The van der Waals surface area contributed by atoms with Gasteiger partial charge in [-0.3, -0.25) is 4.79 Å². The van der Waals surface area contributed by atoms with Crippen molar-refractivity contribution < 1.29 is 14.3 Å². The number of hydrogen-bond acceptors (Lipinski definition) is 3. The molecule has 0 aliphatic heterocycles. The highest BCUT2D eigenvalue weighted by Gasteiger charge is 2.49. The average Bonchev–Trinajstić information content (AvgIpc) is 2.77. The summed E-state index contributed by atoms with van der Waals surface area (Å²) in [6, 6.07) is 27.4. The summed E-state index contributed by atoms with van der Waals surface area (Å²) < 4.78 is 5.88. The molecular formula is C26H30O3Si. The predicted octanol–water partition coefficient (Wildman–Crippen LogP) is 4.58. The maximum Gasteiger partial charge on any atom is 0.258 e. The number of carbonyl (C=O) groups is 1. The molecule has 4 heteroatoms. The van der Waals surface area contributed by atoms with Gasteiger partial charge in [0.05, 0.1) is 6.61 Å². The van der Waals surface area contributed by atoms with Crippen LogP contribution in [0.15, 0.2) is 84.9 Å². The summed E-state index contributed by atoms with van der Waals surface area (Å²) >= 11 is 0. The molecular weight excluding hydrogens is 388 g/mol. The van der Waals surface area contributed by atoms with E-state index in [1.54, 1.807) is 19.1 Å². The zero-order valence-corrected chi connectivity index (χ0v) is 19.0. The van der Waals surface area contributed by atoms with E-state index in [4.69, 9.17) is 4.74 Å². The molecule has 0 radical (unpaired) electrons. The van der Waals surface area contributed by atoms with E-state index in [9.17, 15) is 9.59 Å². The highest BCUT2D eigenvalue weighted by Crippen LogP contribution is 2.39. The predicted molar refractivity (Wildman–Crippen MR) is 125 cm³/mol. The molecule has 3 aromatic rings. The van der Waals surface area contributed by atoms with Gasteiger partial charge in [-0.2, -0.15) is 0 Å². The van der Waals surface area contributed by atoms with Crippen LogP contribution >= 0.6 is 0 Å². The van der Waals surface area contributed by atoms with Crippen LogP contribution in [0.4, 0.5) is 0 Å². The maximum absolute atomic E-state index is 12.1. The fraction of sp³-hybridized carbons (Fsp3) is 0.269. The van der Waals surface area contributed by atoms with Gasteiger partial charge < -0.3 is 9.53 Å². The Labute approximate surface area is 180 Å². The molecule has 0 saturated heterocycles. The van der Waals surface area contributed by atoms with Gasteiger partial charge in [0.15, 0.2) is 5.78 Å². The number of hydrogen-bond donors (Lipinski definition) is 1. The second-order valence-electron chi connectivity index (χ2n) is 8.36. The van der Waals surface area contributed by atoms with Gasteiger partial charge in [0.25, 0.3) is 8.32 Å². The topological polar surface area (TPSA) is 46.5 Å². The third kappa shape index (κ3) is 4.72. The van der Waals surface area contributed by atoms with E-state index >= 15 is 0 Å². The van der Waals surface area contributed by atoms with Gasteiger partial charge in [-0.05, 0) is 59.4 Å². The second kappa shape index (κ2) is 9.41. The summed E-state index contributed by atoms with van der Waals surface area (Å²) in [4.78, 5) is 23.5. The number of carbonyl (C=O) groups excluding carboxylic acids is 1. The lowest BCUT2D eigenvalue weighted by Crippen LogP contribution is -2.65. The van der Waals surface area contributed by atoms with E-state index in [0.29, 0.717) is 12.2 Å². The fourth-order valence-corrected chi connectivity index (χ4v) is 7.76.